The van der Waals surface area contributed by atoms with E-state index in [0.29, 0.717) is 5.69 Å². The van der Waals surface area contributed by atoms with Crippen molar-refractivity contribution in [3.05, 3.63) is 29.0 Å². The Balaban J connectivity index is 2.53. The van der Waals surface area contributed by atoms with Crippen molar-refractivity contribution in [3.63, 3.8) is 0 Å². The van der Waals surface area contributed by atoms with Crippen LogP contribution in [0.5, 0.6) is 0 Å². The van der Waals surface area contributed by atoms with Gasteiger partial charge in [0, 0.05) is 11.7 Å². The highest BCUT2D eigenvalue weighted by Gasteiger charge is 2.05. The Morgan fingerprint density at radius 2 is 2.19 bits per heavy atom. The lowest BCUT2D eigenvalue weighted by Crippen LogP contribution is -2.32. The largest absolute Gasteiger partial charge is 0.325 e. The molecular formula is C11H14ClFN2O. The number of carbonyl (C=O) groups is 1. The molecule has 0 aromatic heterocycles. The Labute approximate surface area is 99.0 Å². The van der Waals surface area contributed by atoms with E-state index in [4.69, 9.17) is 11.6 Å². The first-order valence-electron chi connectivity index (χ1n) is 4.97. The molecule has 0 heterocycles. The minimum atomic E-state index is -0.500. The van der Waals surface area contributed by atoms with E-state index in [9.17, 15) is 9.18 Å². The second kappa shape index (κ2) is 5.82. The van der Waals surface area contributed by atoms with Crippen LogP contribution in [0.3, 0.4) is 0 Å². The molecule has 0 atom stereocenters. The predicted molar refractivity (Wildman–Crippen MR) is 63.2 cm³/mol. The van der Waals surface area contributed by atoms with Gasteiger partial charge in [0.05, 0.1) is 11.6 Å². The van der Waals surface area contributed by atoms with E-state index in [-0.39, 0.29) is 23.5 Å². The molecule has 0 saturated carbocycles. The maximum absolute atomic E-state index is 12.8. The van der Waals surface area contributed by atoms with Gasteiger partial charge in [-0.05, 0) is 18.2 Å². The summed E-state index contributed by atoms with van der Waals surface area (Å²) >= 11 is 5.58. The average Bonchev–Trinajstić information content (AvgIpc) is 2.21. The lowest BCUT2D eigenvalue weighted by molar-refractivity contribution is -0.115. The summed E-state index contributed by atoms with van der Waals surface area (Å²) in [6.07, 6.45) is 0. The van der Waals surface area contributed by atoms with E-state index in [2.05, 4.69) is 10.6 Å². The fraction of sp³-hybridized carbons (Fsp3) is 0.364. The van der Waals surface area contributed by atoms with Crippen LogP contribution in [0.2, 0.25) is 5.02 Å². The number of benzene rings is 1. The molecule has 0 aliphatic heterocycles. The van der Waals surface area contributed by atoms with Crippen LogP contribution in [-0.4, -0.2) is 18.5 Å². The summed E-state index contributed by atoms with van der Waals surface area (Å²) in [6.45, 7) is 4.11. The molecule has 88 valence electrons. The van der Waals surface area contributed by atoms with E-state index in [1.165, 1.54) is 18.2 Å². The Bertz CT molecular complexity index is 382. The minimum Gasteiger partial charge on any atom is -0.325 e. The molecule has 0 radical (unpaired) electrons. The molecule has 0 bridgehead atoms. The van der Waals surface area contributed by atoms with Crippen molar-refractivity contribution in [3.8, 4) is 0 Å². The highest BCUT2D eigenvalue weighted by Crippen LogP contribution is 2.19. The molecule has 5 heteroatoms. The summed E-state index contributed by atoms with van der Waals surface area (Å²) in [5.74, 6) is -0.684. The van der Waals surface area contributed by atoms with E-state index in [1.807, 2.05) is 13.8 Å². The van der Waals surface area contributed by atoms with Gasteiger partial charge in [0.25, 0.3) is 0 Å². The van der Waals surface area contributed by atoms with Crippen LogP contribution in [0.1, 0.15) is 13.8 Å². The summed E-state index contributed by atoms with van der Waals surface area (Å²) in [4.78, 5) is 11.4. The van der Waals surface area contributed by atoms with E-state index < -0.39 is 5.82 Å². The number of hydrogen-bond acceptors (Lipinski definition) is 2. The number of hydrogen-bond donors (Lipinski definition) is 2. The molecule has 1 aromatic carbocycles. The van der Waals surface area contributed by atoms with Crippen LogP contribution in [0.15, 0.2) is 18.2 Å². The minimum absolute atomic E-state index is 0.00498. The van der Waals surface area contributed by atoms with E-state index >= 15 is 0 Å². The Morgan fingerprint density at radius 3 is 2.75 bits per heavy atom. The van der Waals surface area contributed by atoms with Crippen LogP contribution < -0.4 is 10.6 Å². The number of amides is 1. The van der Waals surface area contributed by atoms with Gasteiger partial charge in [-0.15, -0.1) is 0 Å². The van der Waals surface area contributed by atoms with Crippen molar-refractivity contribution in [1.29, 1.82) is 0 Å². The molecule has 0 fully saturated rings. The van der Waals surface area contributed by atoms with Crippen LogP contribution >= 0.6 is 11.6 Å². The van der Waals surface area contributed by atoms with Gasteiger partial charge < -0.3 is 10.6 Å². The summed E-state index contributed by atoms with van der Waals surface area (Å²) in [6, 6.07) is 4.30. The molecule has 3 nitrogen and oxygen atoms in total. The molecule has 0 saturated heterocycles. The first-order valence-corrected chi connectivity index (χ1v) is 5.35. The maximum atomic E-state index is 12.8. The summed E-state index contributed by atoms with van der Waals surface area (Å²) in [5, 5.41) is 5.58. The third-order valence-corrected chi connectivity index (χ3v) is 2.16. The lowest BCUT2D eigenvalue weighted by Gasteiger charge is -2.09. The topological polar surface area (TPSA) is 41.1 Å². The van der Waals surface area contributed by atoms with Crippen LogP contribution in [0.4, 0.5) is 10.1 Å². The summed E-state index contributed by atoms with van der Waals surface area (Å²) < 4.78 is 12.8. The van der Waals surface area contributed by atoms with Crippen LogP contribution in [0, 0.1) is 5.82 Å². The number of nitrogens with one attached hydrogen (secondary N) is 2. The van der Waals surface area contributed by atoms with Gasteiger partial charge in [-0.1, -0.05) is 25.4 Å². The monoisotopic (exact) mass is 244 g/mol. The van der Waals surface area contributed by atoms with Crippen LogP contribution in [-0.2, 0) is 4.79 Å². The molecule has 2 N–H and O–H groups in total. The summed E-state index contributed by atoms with van der Waals surface area (Å²) in [7, 11) is 0. The van der Waals surface area contributed by atoms with Crippen molar-refractivity contribution >= 4 is 23.2 Å². The van der Waals surface area contributed by atoms with Crippen molar-refractivity contribution in [2.45, 2.75) is 19.9 Å². The zero-order valence-corrected chi connectivity index (χ0v) is 9.94. The number of carbonyl (C=O) groups excluding carboxylic acids is 1. The molecule has 1 rings (SSSR count). The molecule has 0 unspecified atom stereocenters. The Morgan fingerprint density at radius 1 is 1.50 bits per heavy atom. The van der Waals surface area contributed by atoms with Gasteiger partial charge in [-0.25, -0.2) is 4.39 Å². The normalized spacial score (nSPS) is 10.6. The fourth-order valence-corrected chi connectivity index (χ4v) is 1.26. The Kier molecular flexibility index (Phi) is 4.71. The first-order chi connectivity index (χ1) is 7.49. The fourth-order valence-electron chi connectivity index (χ4n) is 1.08. The van der Waals surface area contributed by atoms with Crippen molar-refractivity contribution in [1.82, 2.24) is 5.32 Å². The predicted octanol–water partition coefficient (Wildman–Crippen LogP) is 2.42. The highest BCUT2D eigenvalue weighted by atomic mass is 35.5. The standard InChI is InChI=1S/C11H14ClFN2O/c1-7(2)14-6-11(16)15-8-3-4-10(13)9(12)5-8/h3-5,7,14H,6H2,1-2H3,(H,15,16). The van der Waals surface area contributed by atoms with Crippen molar-refractivity contribution < 1.29 is 9.18 Å². The third-order valence-electron chi connectivity index (χ3n) is 1.87. The second-order valence-electron chi connectivity index (χ2n) is 3.71. The SMILES string of the molecule is CC(C)NCC(=O)Nc1ccc(F)c(Cl)c1. The molecule has 0 aliphatic carbocycles. The quantitative estimate of drug-likeness (QED) is 0.854. The van der Waals surface area contributed by atoms with Crippen molar-refractivity contribution in [2.24, 2.45) is 0 Å². The molecule has 0 spiro atoms. The number of halogens is 2. The van der Waals surface area contributed by atoms with Gasteiger partial charge in [-0.2, -0.15) is 0 Å². The molecule has 16 heavy (non-hydrogen) atoms. The lowest BCUT2D eigenvalue weighted by atomic mass is 10.3. The third kappa shape index (κ3) is 4.16. The van der Waals surface area contributed by atoms with Gasteiger partial charge in [0.15, 0.2) is 0 Å². The van der Waals surface area contributed by atoms with Gasteiger partial charge in [0.2, 0.25) is 5.91 Å². The maximum Gasteiger partial charge on any atom is 0.238 e. The zero-order valence-electron chi connectivity index (χ0n) is 9.18. The van der Waals surface area contributed by atoms with E-state index in [1.54, 1.807) is 0 Å². The summed E-state index contributed by atoms with van der Waals surface area (Å²) in [5.41, 5.74) is 0.488. The molecule has 0 aliphatic rings. The van der Waals surface area contributed by atoms with Gasteiger partial charge in [0.1, 0.15) is 5.82 Å². The first kappa shape index (κ1) is 12.9. The smallest absolute Gasteiger partial charge is 0.238 e. The number of rotatable bonds is 4. The van der Waals surface area contributed by atoms with Gasteiger partial charge in [-0.3, -0.25) is 4.79 Å². The molecule has 1 amide bonds. The number of anilines is 1. The van der Waals surface area contributed by atoms with Crippen molar-refractivity contribution in [2.75, 3.05) is 11.9 Å². The van der Waals surface area contributed by atoms with E-state index in [0.717, 1.165) is 0 Å². The molecule has 1 aromatic rings. The Hall–Kier alpha value is -1.13. The van der Waals surface area contributed by atoms with Gasteiger partial charge >= 0.3 is 0 Å². The zero-order chi connectivity index (χ0) is 12.1. The van der Waals surface area contributed by atoms with Crippen LogP contribution in [0.25, 0.3) is 0 Å². The average molecular weight is 245 g/mol. The highest BCUT2D eigenvalue weighted by molar-refractivity contribution is 6.31. The molecular weight excluding hydrogens is 231 g/mol. The second-order valence-corrected chi connectivity index (χ2v) is 4.12.